The zero-order valence-electron chi connectivity index (χ0n) is 23.2. The number of carbonyl (C=O) groups is 4. The summed E-state index contributed by atoms with van der Waals surface area (Å²) in [4.78, 5) is 47.5. The van der Waals surface area contributed by atoms with Crippen LogP contribution in [-0.4, -0.2) is 58.8 Å². The van der Waals surface area contributed by atoms with Crippen LogP contribution in [0, 0.1) is 0 Å². The van der Waals surface area contributed by atoms with E-state index in [0.717, 1.165) is 48.1 Å². The number of fused-ring (bicyclic) bond motifs is 2. The first-order valence-electron chi connectivity index (χ1n) is 13.4. The number of carboxylic acids is 3. The van der Waals surface area contributed by atoms with E-state index in [0.29, 0.717) is 42.4 Å². The van der Waals surface area contributed by atoms with Crippen molar-refractivity contribution >= 4 is 52.5 Å². The molecule has 0 radical (unpaired) electrons. The van der Waals surface area contributed by atoms with Crippen molar-refractivity contribution in [3.63, 3.8) is 0 Å². The second-order valence-corrected chi connectivity index (χ2v) is 9.78. The monoisotopic (exact) mass is 605 g/mol. The third-order valence-electron chi connectivity index (χ3n) is 6.25. The Morgan fingerprint density at radius 2 is 1.35 bits per heavy atom. The molecule has 0 unspecified atom stereocenters. The van der Waals surface area contributed by atoms with Crippen molar-refractivity contribution in [2.75, 3.05) is 29.4 Å². The quantitative estimate of drug-likeness (QED) is 0.158. The minimum atomic E-state index is -1.26. The molecule has 4 rings (SSSR count). The maximum absolute atomic E-state index is 13.8. The van der Waals surface area contributed by atoms with Gasteiger partial charge in [-0.05, 0) is 55.3 Å². The Hall–Kier alpha value is -4.93. The number of rotatable bonds is 12. The normalized spacial score (nSPS) is 12.3. The molecule has 3 aromatic carbocycles. The molecule has 43 heavy (non-hydrogen) atoms. The smallest absolute Gasteiger partial charge is 0.328 e. The summed E-state index contributed by atoms with van der Waals surface area (Å²) in [5.41, 5.74) is 4.32. The minimum Gasteiger partial charge on any atom is -0.478 e. The number of hydrogen-bond acceptors (Lipinski definition) is 6. The van der Waals surface area contributed by atoms with Gasteiger partial charge in [0.2, 0.25) is 0 Å². The summed E-state index contributed by atoms with van der Waals surface area (Å²) in [6.07, 6.45) is 5.63. The number of hydrogen-bond donors (Lipinski definition) is 4. The van der Waals surface area contributed by atoms with Crippen LogP contribution in [0.3, 0.4) is 0 Å². The van der Waals surface area contributed by atoms with E-state index < -0.39 is 17.9 Å². The van der Waals surface area contributed by atoms with E-state index in [4.69, 9.17) is 26.9 Å². The molecular weight excluding hydrogens is 574 g/mol. The SMILES string of the molecule is O=C(O)/C=C/CNCCCCN1c2cc(Cl)ccc2C(=O)N(Cc2ccccc2)c2ccccc21.O=C(O)/C=C\C(=O)O. The zero-order valence-corrected chi connectivity index (χ0v) is 24.0. The predicted molar refractivity (Wildman–Crippen MR) is 165 cm³/mol. The summed E-state index contributed by atoms with van der Waals surface area (Å²) in [6, 6.07) is 23.4. The molecule has 0 saturated heterocycles. The molecule has 0 bridgehead atoms. The number of para-hydroxylation sites is 2. The molecule has 0 saturated carbocycles. The lowest BCUT2D eigenvalue weighted by Gasteiger charge is -2.27. The number of unbranched alkanes of at least 4 members (excludes halogenated alkanes) is 1. The fourth-order valence-electron chi connectivity index (χ4n) is 4.39. The highest BCUT2D eigenvalue weighted by Gasteiger charge is 2.30. The summed E-state index contributed by atoms with van der Waals surface area (Å²) in [5, 5.41) is 28.1. The molecule has 0 fully saturated rings. The van der Waals surface area contributed by atoms with Gasteiger partial charge in [-0.1, -0.05) is 60.1 Å². The molecule has 0 spiro atoms. The minimum absolute atomic E-state index is 0.0534. The van der Waals surface area contributed by atoms with Crippen molar-refractivity contribution in [3.8, 4) is 0 Å². The molecule has 224 valence electrons. The second kappa shape index (κ2) is 16.5. The van der Waals surface area contributed by atoms with Crippen LogP contribution in [0.1, 0.15) is 28.8 Å². The lowest BCUT2D eigenvalue weighted by Crippen LogP contribution is -2.29. The first-order valence-corrected chi connectivity index (χ1v) is 13.8. The number of nitrogens with zero attached hydrogens (tertiary/aromatic N) is 2. The topological polar surface area (TPSA) is 147 Å². The molecule has 1 amide bonds. The maximum Gasteiger partial charge on any atom is 0.328 e. The van der Waals surface area contributed by atoms with Gasteiger partial charge in [0.15, 0.2) is 0 Å². The Morgan fingerprint density at radius 3 is 1.98 bits per heavy atom. The van der Waals surface area contributed by atoms with Gasteiger partial charge >= 0.3 is 17.9 Å². The van der Waals surface area contributed by atoms with Crippen LogP contribution in [0.5, 0.6) is 0 Å². The van der Waals surface area contributed by atoms with Crippen LogP contribution in [-0.2, 0) is 20.9 Å². The molecule has 1 aliphatic heterocycles. The maximum atomic E-state index is 13.8. The third-order valence-corrected chi connectivity index (χ3v) is 6.48. The van der Waals surface area contributed by atoms with Crippen LogP contribution in [0.15, 0.2) is 97.1 Å². The van der Waals surface area contributed by atoms with Crippen LogP contribution in [0.2, 0.25) is 5.02 Å². The summed E-state index contributed by atoms with van der Waals surface area (Å²) in [6.45, 7) is 2.46. The van der Waals surface area contributed by atoms with Gasteiger partial charge in [0, 0.05) is 36.3 Å². The van der Waals surface area contributed by atoms with Gasteiger partial charge in [-0.3, -0.25) is 4.79 Å². The molecular formula is C32H32ClN3O7. The van der Waals surface area contributed by atoms with Crippen molar-refractivity contribution in [2.24, 2.45) is 0 Å². The van der Waals surface area contributed by atoms with Crippen molar-refractivity contribution in [1.82, 2.24) is 5.32 Å². The molecule has 10 nitrogen and oxygen atoms in total. The number of anilines is 3. The summed E-state index contributed by atoms with van der Waals surface area (Å²) >= 11 is 6.38. The van der Waals surface area contributed by atoms with Crippen LogP contribution < -0.4 is 15.1 Å². The van der Waals surface area contributed by atoms with Crippen molar-refractivity contribution in [3.05, 3.63) is 113 Å². The predicted octanol–water partition coefficient (Wildman–Crippen LogP) is 5.36. The van der Waals surface area contributed by atoms with Gasteiger partial charge in [0.1, 0.15) is 0 Å². The molecule has 11 heteroatoms. The van der Waals surface area contributed by atoms with E-state index in [9.17, 15) is 19.2 Å². The number of benzene rings is 3. The van der Waals surface area contributed by atoms with Gasteiger partial charge in [-0.2, -0.15) is 0 Å². The number of nitrogens with one attached hydrogen (secondary N) is 1. The number of aliphatic carboxylic acids is 3. The van der Waals surface area contributed by atoms with Gasteiger partial charge in [-0.25, -0.2) is 14.4 Å². The molecule has 0 atom stereocenters. The molecule has 0 aliphatic carbocycles. The van der Waals surface area contributed by atoms with E-state index in [1.54, 1.807) is 12.1 Å². The van der Waals surface area contributed by atoms with Crippen molar-refractivity contribution in [2.45, 2.75) is 19.4 Å². The molecule has 4 N–H and O–H groups in total. The van der Waals surface area contributed by atoms with Gasteiger partial charge in [0.05, 0.1) is 29.2 Å². The van der Waals surface area contributed by atoms with Gasteiger partial charge in [-0.15, -0.1) is 0 Å². The molecule has 1 heterocycles. The number of carboxylic acid groups (broad SMARTS) is 3. The van der Waals surface area contributed by atoms with E-state index in [1.165, 1.54) is 0 Å². The van der Waals surface area contributed by atoms with E-state index in [1.807, 2.05) is 71.6 Å². The molecule has 3 aromatic rings. The first-order chi connectivity index (χ1) is 20.7. The third kappa shape index (κ3) is 10.1. The fraction of sp³-hybridized carbons (Fsp3) is 0.188. The number of amides is 1. The zero-order chi connectivity index (χ0) is 31.2. The molecule has 1 aliphatic rings. The Balaban J connectivity index is 0.000000557. The Morgan fingerprint density at radius 1 is 0.744 bits per heavy atom. The Bertz CT molecular complexity index is 1480. The van der Waals surface area contributed by atoms with Crippen molar-refractivity contribution in [1.29, 1.82) is 0 Å². The second-order valence-electron chi connectivity index (χ2n) is 9.34. The fourth-order valence-corrected chi connectivity index (χ4v) is 4.55. The Kier molecular flexibility index (Phi) is 12.5. The molecule has 0 aromatic heterocycles. The lowest BCUT2D eigenvalue weighted by molar-refractivity contribution is -0.134. The van der Waals surface area contributed by atoms with Crippen molar-refractivity contribution < 1.29 is 34.5 Å². The average Bonchev–Trinajstić information content (AvgIpc) is 3.07. The largest absolute Gasteiger partial charge is 0.478 e. The van der Waals surface area contributed by atoms with Crippen LogP contribution >= 0.6 is 11.6 Å². The van der Waals surface area contributed by atoms with Gasteiger partial charge in [0.25, 0.3) is 5.91 Å². The van der Waals surface area contributed by atoms with Gasteiger partial charge < -0.3 is 30.4 Å². The first kappa shape index (κ1) is 32.6. The highest BCUT2D eigenvalue weighted by atomic mass is 35.5. The lowest BCUT2D eigenvalue weighted by atomic mass is 10.1. The number of halogens is 1. The summed E-state index contributed by atoms with van der Waals surface area (Å²) in [7, 11) is 0. The average molecular weight is 606 g/mol. The summed E-state index contributed by atoms with van der Waals surface area (Å²) in [5.74, 6) is -3.51. The van der Waals surface area contributed by atoms with Crippen LogP contribution in [0.25, 0.3) is 0 Å². The number of carbonyl (C=O) groups excluding carboxylic acids is 1. The van der Waals surface area contributed by atoms with E-state index in [-0.39, 0.29) is 5.91 Å². The standard InChI is InChI=1S/C28H28ClN3O3.C4H4O4/c29-22-14-15-23-26(19-22)31(18-7-6-16-30-17-8-13-27(33)34)24-11-4-5-12-25(24)32(28(23)35)20-21-9-2-1-3-10-21;5-3(6)1-2-4(7)8/h1-5,8-15,19,30H,6-7,16-18,20H2,(H,33,34);1-2H,(H,5,6)(H,7,8)/b13-8+;2-1-. The van der Waals surface area contributed by atoms with E-state index in [2.05, 4.69) is 10.2 Å². The van der Waals surface area contributed by atoms with Crippen LogP contribution in [0.4, 0.5) is 17.1 Å². The van der Waals surface area contributed by atoms with E-state index >= 15 is 0 Å². The highest BCUT2D eigenvalue weighted by Crippen LogP contribution is 2.42. The highest BCUT2D eigenvalue weighted by molar-refractivity contribution is 6.31. The summed E-state index contributed by atoms with van der Waals surface area (Å²) < 4.78 is 0. The Labute approximate surface area is 254 Å².